The van der Waals surface area contributed by atoms with E-state index in [1.165, 1.54) is 18.9 Å². The predicted octanol–water partition coefficient (Wildman–Crippen LogP) is 2.64. The van der Waals surface area contributed by atoms with Crippen LogP contribution >= 0.6 is 0 Å². The first-order valence-corrected chi connectivity index (χ1v) is 6.30. The van der Waals surface area contributed by atoms with Gasteiger partial charge in [0.1, 0.15) is 5.69 Å². The maximum Gasteiger partial charge on any atom is 0.374 e. The Morgan fingerprint density at radius 3 is 2.68 bits per heavy atom. The Labute approximate surface area is 110 Å². The molecule has 0 saturated carbocycles. The fourth-order valence-electron chi connectivity index (χ4n) is 2.43. The highest BCUT2D eigenvalue weighted by atomic mass is 16.5. The number of hydrogen-bond donors (Lipinski definition) is 1. The van der Waals surface area contributed by atoms with Gasteiger partial charge in [-0.15, -0.1) is 0 Å². The molecule has 3 rings (SSSR count). The van der Waals surface area contributed by atoms with Crippen LogP contribution in [0.25, 0.3) is 11.3 Å². The smallest absolute Gasteiger partial charge is 0.374 e. The zero-order valence-corrected chi connectivity index (χ0v) is 10.4. The van der Waals surface area contributed by atoms with E-state index in [9.17, 15) is 4.79 Å². The van der Waals surface area contributed by atoms with Crippen molar-refractivity contribution in [1.29, 1.82) is 0 Å². The summed E-state index contributed by atoms with van der Waals surface area (Å²) in [5, 5.41) is 12.7. The Hall–Kier alpha value is -2.30. The molecule has 0 aliphatic carbocycles. The maximum atomic E-state index is 10.8. The molecule has 0 amide bonds. The van der Waals surface area contributed by atoms with Crippen LogP contribution in [0.2, 0.25) is 0 Å². The van der Waals surface area contributed by atoms with Gasteiger partial charge in [0.05, 0.1) is 0 Å². The van der Waals surface area contributed by atoms with E-state index in [1.807, 2.05) is 24.3 Å². The van der Waals surface area contributed by atoms with Crippen LogP contribution in [0.15, 0.2) is 34.9 Å². The third kappa shape index (κ3) is 2.19. The highest BCUT2D eigenvalue weighted by Gasteiger charge is 2.19. The number of carbonyl (C=O) groups is 1. The number of aromatic nitrogens is 1. The predicted molar refractivity (Wildman–Crippen MR) is 70.3 cm³/mol. The van der Waals surface area contributed by atoms with Gasteiger partial charge in [-0.05, 0) is 18.9 Å². The molecule has 0 bridgehead atoms. The molecule has 5 heteroatoms. The van der Waals surface area contributed by atoms with Gasteiger partial charge in [0.25, 0.3) is 0 Å². The Bertz CT molecular complexity index is 600. The molecule has 1 aromatic carbocycles. The number of benzene rings is 1. The zero-order chi connectivity index (χ0) is 13.2. The molecule has 0 radical (unpaired) electrons. The van der Waals surface area contributed by atoms with Crippen molar-refractivity contribution < 1.29 is 14.4 Å². The lowest BCUT2D eigenvalue weighted by Gasteiger charge is -2.20. The number of carboxylic acid groups (broad SMARTS) is 1. The van der Waals surface area contributed by atoms with Gasteiger partial charge >= 0.3 is 5.97 Å². The van der Waals surface area contributed by atoms with Gasteiger partial charge in [-0.3, -0.25) is 0 Å². The fraction of sp³-hybridized carbons (Fsp3) is 0.286. The minimum atomic E-state index is -1.10. The van der Waals surface area contributed by atoms with Crippen LogP contribution in [0.3, 0.4) is 0 Å². The standard InChI is InChI=1S/C14H14N2O3/c17-14(18)13-9-11(15-19-13)10-5-1-2-6-12(10)16-7-3-4-8-16/h1-2,5-6,9H,3-4,7-8H2,(H,17,18). The molecule has 0 spiro atoms. The minimum Gasteiger partial charge on any atom is -0.475 e. The van der Waals surface area contributed by atoms with Gasteiger partial charge in [-0.25, -0.2) is 4.79 Å². The van der Waals surface area contributed by atoms with E-state index >= 15 is 0 Å². The Kier molecular flexibility index (Phi) is 2.95. The Morgan fingerprint density at radius 1 is 1.26 bits per heavy atom. The number of anilines is 1. The summed E-state index contributed by atoms with van der Waals surface area (Å²) >= 11 is 0. The van der Waals surface area contributed by atoms with Gasteiger partial charge in [-0.2, -0.15) is 0 Å². The number of aromatic carboxylic acids is 1. The van der Waals surface area contributed by atoms with Crippen LogP contribution in [0, 0.1) is 0 Å². The first-order chi connectivity index (χ1) is 9.25. The van der Waals surface area contributed by atoms with Gasteiger partial charge in [0.2, 0.25) is 5.76 Å². The van der Waals surface area contributed by atoms with Crippen LogP contribution in [-0.2, 0) is 0 Å². The summed E-state index contributed by atoms with van der Waals surface area (Å²) in [6.07, 6.45) is 2.38. The summed E-state index contributed by atoms with van der Waals surface area (Å²) < 4.78 is 4.83. The monoisotopic (exact) mass is 258 g/mol. The van der Waals surface area contributed by atoms with E-state index in [4.69, 9.17) is 9.63 Å². The van der Waals surface area contributed by atoms with E-state index in [-0.39, 0.29) is 5.76 Å². The lowest BCUT2D eigenvalue weighted by molar-refractivity contribution is 0.0652. The zero-order valence-electron chi connectivity index (χ0n) is 10.4. The summed E-state index contributed by atoms with van der Waals surface area (Å²) in [6.45, 7) is 2.06. The number of para-hydroxylation sites is 1. The van der Waals surface area contributed by atoms with Gasteiger partial charge in [0.15, 0.2) is 0 Å². The molecule has 1 aliphatic rings. The van der Waals surface area contributed by atoms with Crippen molar-refractivity contribution in [3.63, 3.8) is 0 Å². The third-order valence-electron chi connectivity index (χ3n) is 3.35. The van der Waals surface area contributed by atoms with Crippen LogP contribution in [-0.4, -0.2) is 29.3 Å². The second-order valence-corrected chi connectivity index (χ2v) is 4.59. The highest BCUT2D eigenvalue weighted by Crippen LogP contribution is 2.32. The number of hydrogen-bond acceptors (Lipinski definition) is 4. The van der Waals surface area contributed by atoms with Crippen molar-refractivity contribution in [2.75, 3.05) is 18.0 Å². The quantitative estimate of drug-likeness (QED) is 0.916. The van der Waals surface area contributed by atoms with E-state index in [0.29, 0.717) is 5.69 Å². The van der Waals surface area contributed by atoms with Crippen molar-refractivity contribution in [3.05, 3.63) is 36.1 Å². The minimum absolute atomic E-state index is 0.133. The summed E-state index contributed by atoms with van der Waals surface area (Å²) in [7, 11) is 0. The lowest BCUT2D eigenvalue weighted by atomic mass is 10.1. The molecular weight excluding hydrogens is 244 g/mol. The summed E-state index contributed by atoms with van der Waals surface area (Å²) in [6, 6.07) is 9.35. The molecule has 1 aliphatic heterocycles. The van der Waals surface area contributed by atoms with E-state index < -0.39 is 5.97 Å². The van der Waals surface area contributed by atoms with Crippen LogP contribution in [0.4, 0.5) is 5.69 Å². The van der Waals surface area contributed by atoms with Crippen molar-refractivity contribution in [3.8, 4) is 11.3 Å². The molecule has 98 valence electrons. The van der Waals surface area contributed by atoms with Gasteiger partial charge in [-0.1, -0.05) is 23.4 Å². The van der Waals surface area contributed by atoms with Crippen molar-refractivity contribution in [1.82, 2.24) is 5.16 Å². The van der Waals surface area contributed by atoms with Crippen molar-refractivity contribution >= 4 is 11.7 Å². The summed E-state index contributed by atoms with van der Waals surface area (Å²) in [5.41, 5.74) is 2.57. The molecule has 0 atom stereocenters. The molecule has 1 saturated heterocycles. The maximum absolute atomic E-state index is 10.8. The van der Waals surface area contributed by atoms with Crippen molar-refractivity contribution in [2.45, 2.75) is 12.8 Å². The van der Waals surface area contributed by atoms with Crippen LogP contribution in [0.1, 0.15) is 23.4 Å². The van der Waals surface area contributed by atoms with Gasteiger partial charge in [0, 0.05) is 30.4 Å². The normalized spacial score (nSPS) is 14.8. The first kappa shape index (κ1) is 11.8. The lowest BCUT2D eigenvalue weighted by Crippen LogP contribution is -2.18. The number of rotatable bonds is 3. The van der Waals surface area contributed by atoms with E-state index in [0.717, 1.165) is 24.3 Å². The van der Waals surface area contributed by atoms with Crippen LogP contribution in [0.5, 0.6) is 0 Å². The highest BCUT2D eigenvalue weighted by molar-refractivity contribution is 5.87. The van der Waals surface area contributed by atoms with Crippen LogP contribution < -0.4 is 4.90 Å². The molecule has 5 nitrogen and oxygen atoms in total. The Morgan fingerprint density at radius 2 is 2.00 bits per heavy atom. The largest absolute Gasteiger partial charge is 0.475 e. The number of carboxylic acids is 1. The molecule has 2 heterocycles. The fourth-order valence-corrected chi connectivity index (χ4v) is 2.43. The molecular formula is C14H14N2O3. The number of nitrogens with zero attached hydrogens (tertiary/aromatic N) is 2. The Balaban J connectivity index is 2.01. The van der Waals surface area contributed by atoms with Crippen molar-refractivity contribution in [2.24, 2.45) is 0 Å². The molecule has 1 fully saturated rings. The van der Waals surface area contributed by atoms with E-state index in [1.54, 1.807) is 0 Å². The average Bonchev–Trinajstić information content (AvgIpc) is 3.10. The molecule has 0 unspecified atom stereocenters. The average molecular weight is 258 g/mol. The van der Waals surface area contributed by atoms with E-state index in [2.05, 4.69) is 10.1 Å². The topological polar surface area (TPSA) is 66.6 Å². The third-order valence-corrected chi connectivity index (χ3v) is 3.35. The second kappa shape index (κ2) is 4.76. The SMILES string of the molecule is O=C(O)c1cc(-c2ccccc2N2CCCC2)no1. The molecule has 19 heavy (non-hydrogen) atoms. The molecule has 1 N–H and O–H groups in total. The second-order valence-electron chi connectivity index (χ2n) is 4.59. The first-order valence-electron chi connectivity index (χ1n) is 6.30. The summed E-state index contributed by atoms with van der Waals surface area (Å²) in [4.78, 5) is 13.1. The summed E-state index contributed by atoms with van der Waals surface area (Å²) in [5.74, 6) is -1.23. The van der Waals surface area contributed by atoms with Gasteiger partial charge < -0.3 is 14.5 Å². The molecule has 2 aromatic rings. The molecule has 1 aromatic heterocycles.